The topological polar surface area (TPSA) is 35.8 Å². The van der Waals surface area contributed by atoms with Crippen LogP contribution in [0.3, 0.4) is 0 Å². The van der Waals surface area contributed by atoms with Gasteiger partial charge in [-0.1, -0.05) is 0 Å². The van der Waals surface area contributed by atoms with Gasteiger partial charge in [0, 0.05) is 23.9 Å². The molecule has 130 valence electrons. The van der Waals surface area contributed by atoms with E-state index in [2.05, 4.69) is 27.8 Å². The first kappa shape index (κ1) is 16.2. The van der Waals surface area contributed by atoms with Gasteiger partial charge in [0.25, 0.3) is 0 Å². The van der Waals surface area contributed by atoms with Crippen molar-refractivity contribution in [2.24, 2.45) is 0 Å². The molecule has 0 radical (unpaired) electrons. The van der Waals surface area contributed by atoms with Crippen LogP contribution in [0.15, 0.2) is 22.9 Å². The summed E-state index contributed by atoms with van der Waals surface area (Å²) < 4.78 is 51.2. The number of rotatable bonds is 3. The lowest BCUT2D eigenvalue weighted by Gasteiger charge is -2.41. The lowest BCUT2D eigenvalue weighted by atomic mass is 9.62. The highest BCUT2D eigenvalue weighted by Gasteiger charge is 2.61. The van der Waals surface area contributed by atoms with E-state index in [0.717, 1.165) is 25.5 Å². The summed E-state index contributed by atoms with van der Waals surface area (Å²) in [5.74, 6) is 0.128. The minimum atomic E-state index is -4.41. The van der Waals surface area contributed by atoms with Gasteiger partial charge in [0.1, 0.15) is 11.4 Å². The molecule has 1 unspecified atom stereocenters. The zero-order valence-electron chi connectivity index (χ0n) is 13.2. The lowest BCUT2D eigenvalue weighted by Crippen LogP contribution is -2.45. The van der Waals surface area contributed by atoms with E-state index in [1.165, 1.54) is 6.07 Å². The van der Waals surface area contributed by atoms with Gasteiger partial charge in [-0.15, -0.1) is 0 Å². The maximum absolute atomic E-state index is 12.7. The van der Waals surface area contributed by atoms with Crippen LogP contribution in [0.5, 0.6) is 5.75 Å². The Balaban J connectivity index is 1.66. The van der Waals surface area contributed by atoms with Crippen LogP contribution < -0.4 is 4.74 Å². The Morgan fingerprint density at radius 1 is 1.38 bits per heavy atom. The summed E-state index contributed by atoms with van der Waals surface area (Å²) in [6, 6.07) is 1.53. The highest BCUT2D eigenvalue weighted by atomic mass is 79.9. The standard InChI is InChI=1S/C16H16BrF3N2O2/c1-9(16(18,19)20)24-11-3-13-21-12(5-22(13)4-10(11)17)15-6-14(2,7-15)23-8-15/h3-5,9H,6-8H2,1-2H3. The molecule has 1 atom stereocenters. The Morgan fingerprint density at radius 3 is 2.67 bits per heavy atom. The predicted molar refractivity (Wildman–Crippen MR) is 84.3 cm³/mol. The van der Waals surface area contributed by atoms with Crippen LogP contribution in [0.1, 0.15) is 32.4 Å². The third-order valence-corrected chi connectivity index (χ3v) is 5.53. The van der Waals surface area contributed by atoms with E-state index in [1.807, 2.05) is 6.20 Å². The first-order chi connectivity index (χ1) is 11.1. The molecule has 4 nitrogen and oxygen atoms in total. The summed E-state index contributed by atoms with van der Waals surface area (Å²) in [6.07, 6.45) is -0.846. The fourth-order valence-electron chi connectivity index (χ4n) is 3.74. The van der Waals surface area contributed by atoms with E-state index in [0.29, 0.717) is 16.7 Å². The second-order valence-corrected chi connectivity index (χ2v) is 7.91. The zero-order chi connectivity index (χ0) is 17.3. The number of ether oxygens (including phenoxy) is 2. The quantitative estimate of drug-likeness (QED) is 0.766. The van der Waals surface area contributed by atoms with Crippen molar-refractivity contribution in [2.45, 2.75) is 50.0 Å². The number of halogens is 4. The molecule has 0 N–H and O–H groups in total. The summed E-state index contributed by atoms with van der Waals surface area (Å²) in [7, 11) is 0. The van der Waals surface area contributed by atoms with Gasteiger partial charge in [0.2, 0.25) is 0 Å². The van der Waals surface area contributed by atoms with Crippen molar-refractivity contribution in [3.05, 3.63) is 28.6 Å². The Morgan fingerprint density at radius 2 is 2.08 bits per heavy atom. The number of imidazole rings is 1. The molecule has 2 aliphatic heterocycles. The van der Waals surface area contributed by atoms with E-state index in [9.17, 15) is 13.2 Å². The number of alkyl halides is 3. The average Bonchev–Trinajstić information content (AvgIpc) is 3.08. The summed E-state index contributed by atoms with van der Waals surface area (Å²) in [6.45, 7) is 3.72. The maximum Gasteiger partial charge on any atom is 0.425 e. The Bertz CT molecular complexity index is 811. The Kier molecular flexibility index (Phi) is 3.29. The number of nitrogens with zero attached hydrogens (tertiary/aromatic N) is 2. The Labute approximate surface area is 145 Å². The lowest BCUT2D eigenvalue weighted by molar-refractivity contribution is -0.189. The van der Waals surface area contributed by atoms with Gasteiger partial charge in [0.15, 0.2) is 6.10 Å². The smallest absolute Gasteiger partial charge is 0.425 e. The first-order valence-electron chi connectivity index (χ1n) is 7.66. The number of pyridine rings is 1. The normalized spacial score (nSPS) is 30.4. The molecule has 5 rings (SSSR count). The summed E-state index contributed by atoms with van der Waals surface area (Å²) in [4.78, 5) is 4.61. The number of fused-ring (bicyclic) bond motifs is 2. The minimum Gasteiger partial charge on any atom is -0.480 e. The molecule has 8 heteroatoms. The second-order valence-electron chi connectivity index (χ2n) is 7.05. The fourth-order valence-corrected chi connectivity index (χ4v) is 4.17. The van der Waals surface area contributed by atoms with Gasteiger partial charge < -0.3 is 13.9 Å². The van der Waals surface area contributed by atoms with Crippen LogP contribution in [0.2, 0.25) is 0 Å². The molecule has 1 saturated carbocycles. The molecule has 1 aliphatic carbocycles. The SMILES string of the molecule is CC(Oc1cc2nc(C34COC(C)(C3)C4)cn2cc1Br)C(F)(F)F. The van der Waals surface area contributed by atoms with Crippen LogP contribution in [0.25, 0.3) is 5.65 Å². The zero-order valence-corrected chi connectivity index (χ0v) is 14.7. The summed E-state index contributed by atoms with van der Waals surface area (Å²) >= 11 is 3.27. The molecule has 2 aromatic rings. The second kappa shape index (κ2) is 4.88. The maximum atomic E-state index is 12.7. The van der Waals surface area contributed by atoms with Crippen LogP contribution in [-0.2, 0) is 10.2 Å². The fraction of sp³-hybridized carbons (Fsp3) is 0.562. The van der Waals surface area contributed by atoms with E-state index in [4.69, 9.17) is 9.47 Å². The van der Waals surface area contributed by atoms with Gasteiger partial charge in [0.05, 0.1) is 22.4 Å². The molecule has 2 bridgehead atoms. The van der Waals surface area contributed by atoms with Crippen molar-refractivity contribution >= 4 is 21.6 Å². The summed E-state index contributed by atoms with van der Waals surface area (Å²) in [5.41, 5.74) is 1.37. The number of hydrogen-bond donors (Lipinski definition) is 0. The van der Waals surface area contributed by atoms with E-state index >= 15 is 0 Å². The van der Waals surface area contributed by atoms with Crippen molar-refractivity contribution < 1.29 is 22.6 Å². The number of aromatic nitrogens is 2. The molecule has 2 aromatic heterocycles. The molecule has 3 aliphatic rings. The van der Waals surface area contributed by atoms with E-state index in [1.54, 1.807) is 10.6 Å². The third-order valence-electron chi connectivity index (χ3n) is 4.94. The molecular formula is C16H16BrF3N2O2. The average molecular weight is 405 g/mol. The van der Waals surface area contributed by atoms with Crippen molar-refractivity contribution in [1.82, 2.24) is 9.38 Å². The van der Waals surface area contributed by atoms with Crippen LogP contribution >= 0.6 is 15.9 Å². The molecule has 2 saturated heterocycles. The predicted octanol–water partition coefficient (Wildman–Crippen LogP) is 4.25. The molecule has 0 aromatic carbocycles. The van der Waals surface area contributed by atoms with Crippen LogP contribution in [0, 0.1) is 0 Å². The minimum absolute atomic E-state index is 0.0488. The van der Waals surface area contributed by atoms with Gasteiger partial charge in [-0.2, -0.15) is 13.2 Å². The van der Waals surface area contributed by atoms with Gasteiger partial charge in [-0.05, 0) is 42.6 Å². The molecule has 0 amide bonds. The van der Waals surface area contributed by atoms with Crippen molar-refractivity contribution in [2.75, 3.05) is 6.61 Å². The van der Waals surface area contributed by atoms with Gasteiger partial charge in [-0.25, -0.2) is 4.98 Å². The van der Waals surface area contributed by atoms with Crippen molar-refractivity contribution in [1.29, 1.82) is 0 Å². The van der Waals surface area contributed by atoms with Gasteiger partial charge in [-0.3, -0.25) is 0 Å². The first-order valence-corrected chi connectivity index (χ1v) is 8.46. The van der Waals surface area contributed by atoms with Crippen LogP contribution in [0.4, 0.5) is 13.2 Å². The highest BCUT2D eigenvalue weighted by Crippen LogP contribution is 2.58. The number of hydrogen-bond acceptors (Lipinski definition) is 3. The van der Waals surface area contributed by atoms with Crippen molar-refractivity contribution in [3.63, 3.8) is 0 Å². The monoisotopic (exact) mass is 404 g/mol. The highest BCUT2D eigenvalue weighted by molar-refractivity contribution is 9.10. The summed E-state index contributed by atoms with van der Waals surface area (Å²) in [5, 5.41) is 0. The molecule has 24 heavy (non-hydrogen) atoms. The van der Waals surface area contributed by atoms with Crippen molar-refractivity contribution in [3.8, 4) is 5.75 Å². The molecule has 0 spiro atoms. The Hall–Kier alpha value is -1.28. The largest absolute Gasteiger partial charge is 0.480 e. The molecular weight excluding hydrogens is 389 g/mol. The van der Waals surface area contributed by atoms with E-state index in [-0.39, 0.29) is 16.8 Å². The van der Waals surface area contributed by atoms with E-state index < -0.39 is 12.3 Å². The van der Waals surface area contributed by atoms with Gasteiger partial charge >= 0.3 is 6.18 Å². The van der Waals surface area contributed by atoms with Crippen LogP contribution in [-0.4, -0.2) is 33.9 Å². The molecule has 4 heterocycles. The third kappa shape index (κ3) is 2.42. The molecule has 3 fully saturated rings.